The summed E-state index contributed by atoms with van der Waals surface area (Å²) in [5.74, 6) is -0.0162. The van der Waals surface area contributed by atoms with Crippen molar-refractivity contribution in [3.8, 4) is 5.75 Å². The average Bonchev–Trinajstić information content (AvgIpc) is 2.48. The standard InChI is InChI=1S/C16H15ClFNO2/c1-10-8-11(6-7-14(10)18)16(20)19-9-12-13(17)4-3-5-15(12)21-2/h3-8H,9H2,1-2H3,(H,19,20). The summed E-state index contributed by atoms with van der Waals surface area (Å²) in [5, 5.41) is 3.27. The summed E-state index contributed by atoms with van der Waals surface area (Å²) in [7, 11) is 1.54. The van der Waals surface area contributed by atoms with Gasteiger partial charge >= 0.3 is 0 Å². The molecule has 0 fully saturated rings. The number of methoxy groups -OCH3 is 1. The first-order valence-corrected chi connectivity index (χ1v) is 6.76. The normalized spacial score (nSPS) is 10.3. The van der Waals surface area contributed by atoms with Crippen LogP contribution in [0.5, 0.6) is 5.75 Å². The molecule has 21 heavy (non-hydrogen) atoms. The number of rotatable bonds is 4. The Morgan fingerprint density at radius 1 is 1.33 bits per heavy atom. The maximum absolute atomic E-state index is 13.2. The Kier molecular flexibility index (Phi) is 4.81. The number of halogens is 2. The quantitative estimate of drug-likeness (QED) is 0.934. The Morgan fingerprint density at radius 3 is 2.76 bits per heavy atom. The summed E-state index contributed by atoms with van der Waals surface area (Å²) in [4.78, 5) is 12.1. The molecule has 0 spiro atoms. The topological polar surface area (TPSA) is 38.3 Å². The molecular formula is C16H15ClFNO2. The van der Waals surface area contributed by atoms with Gasteiger partial charge in [0.05, 0.1) is 7.11 Å². The second-order valence-corrected chi connectivity index (χ2v) is 4.97. The van der Waals surface area contributed by atoms with E-state index >= 15 is 0 Å². The monoisotopic (exact) mass is 307 g/mol. The van der Waals surface area contributed by atoms with Crippen LogP contribution < -0.4 is 10.1 Å². The molecule has 1 N–H and O–H groups in total. The fourth-order valence-electron chi connectivity index (χ4n) is 1.96. The Labute approximate surface area is 127 Å². The molecule has 3 nitrogen and oxygen atoms in total. The molecule has 0 aliphatic heterocycles. The predicted molar refractivity (Wildman–Crippen MR) is 80.3 cm³/mol. The highest BCUT2D eigenvalue weighted by Crippen LogP contribution is 2.26. The van der Waals surface area contributed by atoms with E-state index in [1.165, 1.54) is 18.2 Å². The molecule has 110 valence electrons. The van der Waals surface area contributed by atoms with Crippen LogP contribution in [0.1, 0.15) is 21.5 Å². The number of ether oxygens (including phenoxy) is 1. The molecule has 1 amide bonds. The van der Waals surface area contributed by atoms with Gasteiger partial charge in [0.15, 0.2) is 0 Å². The number of hydrogen-bond donors (Lipinski definition) is 1. The van der Waals surface area contributed by atoms with Gasteiger partial charge in [0.1, 0.15) is 11.6 Å². The van der Waals surface area contributed by atoms with E-state index in [1.807, 2.05) is 0 Å². The van der Waals surface area contributed by atoms with E-state index in [1.54, 1.807) is 32.2 Å². The number of hydrogen-bond acceptors (Lipinski definition) is 2. The Morgan fingerprint density at radius 2 is 2.10 bits per heavy atom. The highest BCUT2D eigenvalue weighted by atomic mass is 35.5. The molecule has 0 unspecified atom stereocenters. The minimum absolute atomic E-state index is 0.234. The lowest BCUT2D eigenvalue weighted by Crippen LogP contribution is -2.23. The zero-order valence-corrected chi connectivity index (χ0v) is 12.5. The maximum Gasteiger partial charge on any atom is 0.251 e. The van der Waals surface area contributed by atoms with Crippen molar-refractivity contribution in [1.82, 2.24) is 5.32 Å². The van der Waals surface area contributed by atoms with Crippen LogP contribution in [-0.4, -0.2) is 13.0 Å². The molecule has 2 aromatic rings. The van der Waals surface area contributed by atoms with Gasteiger partial charge in [-0.1, -0.05) is 17.7 Å². The van der Waals surface area contributed by atoms with Crippen LogP contribution >= 0.6 is 11.6 Å². The fourth-order valence-corrected chi connectivity index (χ4v) is 2.19. The van der Waals surface area contributed by atoms with E-state index in [0.29, 0.717) is 27.5 Å². The van der Waals surface area contributed by atoms with Crippen molar-refractivity contribution < 1.29 is 13.9 Å². The second-order valence-electron chi connectivity index (χ2n) is 4.57. The van der Waals surface area contributed by atoms with E-state index in [4.69, 9.17) is 16.3 Å². The molecule has 0 bridgehead atoms. The van der Waals surface area contributed by atoms with Crippen molar-refractivity contribution in [2.45, 2.75) is 13.5 Å². The molecule has 0 radical (unpaired) electrons. The molecule has 2 rings (SSSR count). The number of aryl methyl sites for hydroxylation is 1. The summed E-state index contributed by atoms with van der Waals surface area (Å²) in [5.41, 5.74) is 1.53. The third-order valence-corrected chi connectivity index (χ3v) is 3.50. The van der Waals surface area contributed by atoms with E-state index < -0.39 is 0 Å². The van der Waals surface area contributed by atoms with Crippen molar-refractivity contribution >= 4 is 17.5 Å². The predicted octanol–water partition coefficient (Wildman–Crippen LogP) is 3.73. The molecule has 0 saturated heterocycles. The summed E-state index contributed by atoms with van der Waals surface area (Å²) in [6.45, 7) is 1.85. The first-order valence-electron chi connectivity index (χ1n) is 6.38. The molecule has 5 heteroatoms. The Bertz CT molecular complexity index is 673. The van der Waals surface area contributed by atoms with Crippen molar-refractivity contribution in [2.75, 3.05) is 7.11 Å². The molecule has 0 atom stereocenters. The highest BCUT2D eigenvalue weighted by molar-refractivity contribution is 6.31. The summed E-state index contributed by atoms with van der Waals surface area (Å²) >= 11 is 6.10. The van der Waals surface area contributed by atoms with Crippen LogP contribution in [0.15, 0.2) is 36.4 Å². The van der Waals surface area contributed by atoms with Crippen LogP contribution in [0.3, 0.4) is 0 Å². The Hall–Kier alpha value is -2.07. The summed E-state index contributed by atoms with van der Waals surface area (Å²) in [6, 6.07) is 9.51. The van der Waals surface area contributed by atoms with Crippen molar-refractivity contribution in [3.63, 3.8) is 0 Å². The molecule has 0 aliphatic rings. The lowest BCUT2D eigenvalue weighted by Gasteiger charge is -2.11. The van der Waals surface area contributed by atoms with Crippen molar-refractivity contribution in [2.24, 2.45) is 0 Å². The SMILES string of the molecule is COc1cccc(Cl)c1CNC(=O)c1ccc(F)c(C)c1. The number of amides is 1. The number of benzene rings is 2. The van der Waals surface area contributed by atoms with Gasteiger partial charge in [-0.2, -0.15) is 0 Å². The third kappa shape index (κ3) is 3.52. The van der Waals surface area contributed by atoms with Crippen LogP contribution in [0.25, 0.3) is 0 Å². The minimum atomic E-state index is -0.334. The highest BCUT2D eigenvalue weighted by Gasteiger charge is 2.11. The van der Waals surface area contributed by atoms with Crippen LogP contribution in [-0.2, 0) is 6.54 Å². The first-order chi connectivity index (χ1) is 10.0. The number of nitrogens with one attached hydrogen (secondary N) is 1. The van der Waals surface area contributed by atoms with Gasteiger partial charge in [-0.15, -0.1) is 0 Å². The molecule has 2 aromatic carbocycles. The number of carbonyl (C=O) groups is 1. The lowest BCUT2D eigenvalue weighted by atomic mass is 10.1. The molecular weight excluding hydrogens is 293 g/mol. The fraction of sp³-hybridized carbons (Fsp3) is 0.188. The Balaban J connectivity index is 2.13. The first kappa shape index (κ1) is 15.3. The van der Waals surface area contributed by atoms with Gasteiger partial charge in [0.2, 0.25) is 0 Å². The second kappa shape index (κ2) is 6.59. The van der Waals surface area contributed by atoms with E-state index in [9.17, 15) is 9.18 Å². The lowest BCUT2D eigenvalue weighted by molar-refractivity contribution is 0.0950. The van der Waals surface area contributed by atoms with Crippen LogP contribution in [0.4, 0.5) is 4.39 Å². The van der Waals surface area contributed by atoms with Gasteiger partial charge in [0, 0.05) is 22.7 Å². The zero-order valence-electron chi connectivity index (χ0n) is 11.7. The van der Waals surface area contributed by atoms with Gasteiger partial charge < -0.3 is 10.1 Å². The smallest absolute Gasteiger partial charge is 0.251 e. The van der Waals surface area contributed by atoms with Gasteiger partial charge in [-0.3, -0.25) is 4.79 Å². The molecule has 0 saturated carbocycles. The average molecular weight is 308 g/mol. The van der Waals surface area contributed by atoms with Crippen LogP contribution in [0.2, 0.25) is 5.02 Å². The molecule has 0 aromatic heterocycles. The molecule has 0 heterocycles. The van der Waals surface area contributed by atoms with Gasteiger partial charge in [0.25, 0.3) is 5.91 Å². The van der Waals surface area contributed by atoms with E-state index in [0.717, 1.165) is 0 Å². The van der Waals surface area contributed by atoms with Gasteiger partial charge in [-0.25, -0.2) is 4.39 Å². The van der Waals surface area contributed by atoms with E-state index in [2.05, 4.69) is 5.32 Å². The summed E-state index contributed by atoms with van der Waals surface area (Å²) in [6.07, 6.45) is 0. The van der Waals surface area contributed by atoms with E-state index in [-0.39, 0.29) is 18.3 Å². The summed E-state index contributed by atoms with van der Waals surface area (Å²) < 4.78 is 18.4. The minimum Gasteiger partial charge on any atom is -0.496 e. The molecule has 0 aliphatic carbocycles. The van der Waals surface area contributed by atoms with Gasteiger partial charge in [-0.05, 0) is 42.8 Å². The van der Waals surface area contributed by atoms with Crippen molar-refractivity contribution in [1.29, 1.82) is 0 Å². The number of carbonyl (C=O) groups excluding carboxylic acids is 1. The van der Waals surface area contributed by atoms with Crippen LogP contribution in [0, 0.1) is 12.7 Å². The van der Waals surface area contributed by atoms with Crippen molar-refractivity contribution in [3.05, 3.63) is 63.9 Å². The maximum atomic E-state index is 13.2. The zero-order chi connectivity index (χ0) is 15.4. The largest absolute Gasteiger partial charge is 0.496 e. The third-order valence-electron chi connectivity index (χ3n) is 3.14.